The van der Waals surface area contributed by atoms with Gasteiger partial charge in [0.1, 0.15) is 4.47 Å². The predicted molar refractivity (Wildman–Crippen MR) is 54.2 cm³/mol. The number of aryl methyl sites for hydroxylation is 1. The van der Waals surface area contributed by atoms with Crippen LogP contribution in [0.5, 0.6) is 0 Å². The Kier molecular flexibility index (Phi) is 4.40. The number of carbonyl (C=O) groups is 1. The highest BCUT2D eigenvalue weighted by Gasteiger charge is 2.05. The van der Waals surface area contributed by atoms with Crippen LogP contribution >= 0.6 is 15.9 Å². The minimum Gasteiger partial charge on any atom is -0.356 e. The third-order valence-electron chi connectivity index (χ3n) is 1.59. The van der Waals surface area contributed by atoms with Crippen LogP contribution in [0.15, 0.2) is 21.8 Å². The molecule has 0 saturated heterocycles. The van der Waals surface area contributed by atoms with E-state index in [4.69, 9.17) is 5.84 Å². The first-order valence-electron chi connectivity index (χ1n) is 4.00. The molecule has 82 valence electrons. The molecule has 0 amide bonds. The van der Waals surface area contributed by atoms with Gasteiger partial charge in [0, 0.05) is 12.7 Å². The molecule has 1 aromatic heterocycles. The summed E-state index contributed by atoms with van der Waals surface area (Å²) in [6.45, 7) is 0.186. The number of rotatable bonds is 4. The molecule has 0 unspecified atom stereocenters. The molecular weight excluding hydrogens is 268 g/mol. The van der Waals surface area contributed by atoms with E-state index in [-0.39, 0.29) is 18.5 Å². The van der Waals surface area contributed by atoms with Crippen molar-refractivity contribution in [3.8, 4) is 0 Å². The number of hydrogen-bond acceptors (Lipinski definition) is 6. The van der Waals surface area contributed by atoms with Gasteiger partial charge in [-0.2, -0.15) is 0 Å². The summed E-state index contributed by atoms with van der Waals surface area (Å²) in [6.07, 6.45) is 2.76. The fourth-order valence-electron chi connectivity index (χ4n) is 0.912. The van der Waals surface area contributed by atoms with E-state index in [1.54, 1.807) is 5.59 Å². The van der Waals surface area contributed by atoms with Crippen LogP contribution < -0.4 is 17.0 Å². The quantitative estimate of drug-likeness (QED) is 0.558. The smallest absolute Gasteiger partial charge is 0.328 e. The van der Waals surface area contributed by atoms with Crippen molar-refractivity contribution in [3.63, 3.8) is 0 Å². The molecule has 1 heterocycles. The summed E-state index contributed by atoms with van der Waals surface area (Å²) in [4.78, 5) is 30.4. The van der Waals surface area contributed by atoms with Crippen molar-refractivity contribution < 1.29 is 9.63 Å². The minimum absolute atomic E-state index is 0.0300. The molecule has 0 aliphatic rings. The van der Waals surface area contributed by atoms with Gasteiger partial charge in [-0.1, -0.05) is 5.59 Å². The molecule has 7 nitrogen and oxygen atoms in total. The zero-order valence-electron chi connectivity index (χ0n) is 7.64. The van der Waals surface area contributed by atoms with Crippen molar-refractivity contribution in [2.45, 2.75) is 13.0 Å². The van der Waals surface area contributed by atoms with Crippen LogP contribution in [0.4, 0.5) is 0 Å². The van der Waals surface area contributed by atoms with Crippen LogP contribution in [-0.2, 0) is 16.2 Å². The molecule has 8 heteroatoms. The lowest BCUT2D eigenvalue weighted by molar-refractivity contribution is -0.151. The van der Waals surface area contributed by atoms with Gasteiger partial charge >= 0.3 is 5.97 Å². The van der Waals surface area contributed by atoms with Gasteiger partial charge in [-0.25, -0.2) is 10.8 Å². The number of nitrogens with two attached hydrogens (primary N) is 1. The lowest BCUT2D eigenvalue weighted by Crippen LogP contribution is -2.28. The van der Waals surface area contributed by atoms with Gasteiger partial charge in [0.2, 0.25) is 0 Å². The largest absolute Gasteiger partial charge is 0.356 e. The molecule has 1 rings (SSSR count). The van der Waals surface area contributed by atoms with E-state index < -0.39 is 5.97 Å². The summed E-state index contributed by atoms with van der Waals surface area (Å²) in [5.41, 5.74) is 1.52. The second-order valence-electron chi connectivity index (χ2n) is 2.58. The highest BCUT2D eigenvalue weighted by molar-refractivity contribution is 9.10. The standard InChI is InChI=1S/C7H9BrN4O3/c8-5-3-10-4-12(7(5)14)2-1-6(13)15-11-9/h3-4,11H,1-2,9H2. The summed E-state index contributed by atoms with van der Waals surface area (Å²) in [5.74, 6) is 4.22. The van der Waals surface area contributed by atoms with E-state index in [2.05, 4.69) is 25.8 Å². The Morgan fingerprint density at radius 2 is 2.47 bits per heavy atom. The molecule has 0 aromatic carbocycles. The molecule has 15 heavy (non-hydrogen) atoms. The number of hydrogen-bond donors (Lipinski definition) is 2. The monoisotopic (exact) mass is 276 g/mol. The van der Waals surface area contributed by atoms with Crippen LogP contribution in [0.2, 0.25) is 0 Å². The van der Waals surface area contributed by atoms with Crippen molar-refractivity contribution >= 4 is 21.9 Å². The maximum absolute atomic E-state index is 11.4. The average molecular weight is 277 g/mol. The van der Waals surface area contributed by atoms with Gasteiger partial charge < -0.3 is 4.84 Å². The lowest BCUT2D eigenvalue weighted by Gasteiger charge is -2.04. The second-order valence-corrected chi connectivity index (χ2v) is 3.44. The van der Waals surface area contributed by atoms with Crippen molar-refractivity contribution in [1.82, 2.24) is 15.1 Å². The summed E-state index contributed by atoms with van der Waals surface area (Å²) in [6, 6.07) is 0. The van der Waals surface area contributed by atoms with Crippen LogP contribution in [0.3, 0.4) is 0 Å². The zero-order valence-corrected chi connectivity index (χ0v) is 9.23. The highest BCUT2D eigenvalue weighted by Crippen LogP contribution is 1.98. The van der Waals surface area contributed by atoms with E-state index in [0.29, 0.717) is 4.47 Å². The number of hydrazine groups is 1. The molecule has 0 bridgehead atoms. The van der Waals surface area contributed by atoms with Gasteiger partial charge in [0.25, 0.3) is 5.56 Å². The molecule has 0 fully saturated rings. The van der Waals surface area contributed by atoms with Gasteiger partial charge in [0.15, 0.2) is 0 Å². The number of halogens is 1. The van der Waals surface area contributed by atoms with Gasteiger partial charge in [0.05, 0.1) is 12.7 Å². The Balaban J connectivity index is 2.62. The molecule has 0 atom stereocenters. The topological polar surface area (TPSA) is 99.2 Å². The summed E-state index contributed by atoms with van der Waals surface area (Å²) >= 11 is 3.04. The molecular formula is C7H9BrN4O3. The summed E-state index contributed by atoms with van der Waals surface area (Å²) in [5, 5.41) is 0. The maximum Gasteiger partial charge on any atom is 0.328 e. The van der Waals surface area contributed by atoms with E-state index >= 15 is 0 Å². The Morgan fingerprint density at radius 1 is 1.73 bits per heavy atom. The fourth-order valence-corrected chi connectivity index (χ4v) is 1.26. The lowest BCUT2D eigenvalue weighted by atomic mass is 10.4. The van der Waals surface area contributed by atoms with Gasteiger partial charge in [-0.15, -0.1) is 0 Å². The van der Waals surface area contributed by atoms with Crippen LogP contribution in [0.25, 0.3) is 0 Å². The molecule has 0 aliphatic carbocycles. The fraction of sp³-hybridized carbons (Fsp3) is 0.286. The second kappa shape index (κ2) is 5.59. The third kappa shape index (κ3) is 3.42. The van der Waals surface area contributed by atoms with Gasteiger partial charge in [-0.3, -0.25) is 14.2 Å². The minimum atomic E-state index is -0.552. The van der Waals surface area contributed by atoms with E-state index in [1.165, 1.54) is 17.1 Å². The molecule has 0 saturated carbocycles. The average Bonchev–Trinajstić information content (AvgIpc) is 2.21. The van der Waals surface area contributed by atoms with E-state index in [1.807, 2.05) is 0 Å². The molecule has 0 radical (unpaired) electrons. The van der Waals surface area contributed by atoms with E-state index in [0.717, 1.165) is 0 Å². The van der Waals surface area contributed by atoms with Gasteiger partial charge in [-0.05, 0) is 15.9 Å². The van der Waals surface area contributed by atoms with Crippen molar-refractivity contribution in [3.05, 3.63) is 27.4 Å². The Labute approximate surface area is 93.3 Å². The first kappa shape index (κ1) is 11.8. The van der Waals surface area contributed by atoms with Crippen LogP contribution in [-0.4, -0.2) is 15.5 Å². The first-order chi connectivity index (χ1) is 7.15. The SMILES string of the molecule is NNOC(=O)CCn1cncc(Br)c1=O. The maximum atomic E-state index is 11.4. The first-order valence-corrected chi connectivity index (χ1v) is 4.79. The zero-order chi connectivity index (χ0) is 11.3. The molecule has 0 spiro atoms. The summed E-state index contributed by atoms with van der Waals surface area (Å²) in [7, 11) is 0. The summed E-state index contributed by atoms with van der Waals surface area (Å²) < 4.78 is 1.64. The number of carbonyl (C=O) groups excluding carboxylic acids is 1. The van der Waals surface area contributed by atoms with Crippen molar-refractivity contribution in [1.29, 1.82) is 0 Å². The number of aromatic nitrogens is 2. The van der Waals surface area contributed by atoms with E-state index in [9.17, 15) is 9.59 Å². The van der Waals surface area contributed by atoms with Crippen molar-refractivity contribution in [2.24, 2.45) is 5.84 Å². The molecule has 1 aromatic rings. The van der Waals surface area contributed by atoms with Crippen LogP contribution in [0, 0.1) is 0 Å². The Hall–Kier alpha value is -1.25. The highest BCUT2D eigenvalue weighted by atomic mass is 79.9. The Bertz CT molecular complexity index is 405. The Morgan fingerprint density at radius 3 is 3.13 bits per heavy atom. The predicted octanol–water partition coefficient (Wildman–Crippen LogP) is -0.683. The van der Waals surface area contributed by atoms with Crippen molar-refractivity contribution in [2.75, 3.05) is 0 Å². The number of nitrogens with one attached hydrogen (secondary N) is 1. The number of nitrogens with zero attached hydrogens (tertiary/aromatic N) is 2. The van der Waals surface area contributed by atoms with Crippen LogP contribution in [0.1, 0.15) is 6.42 Å². The normalized spacial score (nSPS) is 10.0. The molecule has 0 aliphatic heterocycles. The third-order valence-corrected chi connectivity index (χ3v) is 2.13. The molecule has 3 N–H and O–H groups in total.